The molecule has 0 atom stereocenters. The Balaban J connectivity index is -0.000000185. The predicted molar refractivity (Wildman–Crippen MR) is 46.3 cm³/mol. The summed E-state index contributed by atoms with van der Waals surface area (Å²) in [5.74, 6) is 0. The second kappa shape index (κ2) is 12.8. The molecule has 0 heterocycles. The molecule has 0 aromatic heterocycles. The Morgan fingerprint density at radius 1 is 1.07 bits per heavy atom. The zero-order valence-corrected chi connectivity index (χ0v) is 16.2. The molecule has 7 heteroatoms. The minimum Gasteiger partial charge on any atom is -0.759 e. The topological polar surface area (TPSA) is 80.3 Å². The molecule has 0 saturated carbocycles. The van der Waals surface area contributed by atoms with Crippen LogP contribution in [0.25, 0.3) is 0 Å². The fourth-order valence-electron chi connectivity index (χ4n) is 0.714. The van der Waals surface area contributed by atoms with Crippen LogP contribution < -0.4 is 103 Å². The SMILES string of the molecule is CCc1ccccc1.O=S(=O)([O-])[O-].[K+].[K+]. The average molecular weight is 280 g/mol. The summed E-state index contributed by atoms with van der Waals surface area (Å²) in [4.78, 5) is 0. The maximum atomic E-state index is 8.52. The second-order valence-electron chi connectivity index (χ2n) is 2.25. The number of hydrogen-bond acceptors (Lipinski definition) is 4. The molecular weight excluding hydrogens is 270 g/mol. The van der Waals surface area contributed by atoms with Crippen molar-refractivity contribution in [2.24, 2.45) is 0 Å². The van der Waals surface area contributed by atoms with Crippen LogP contribution in [0.15, 0.2) is 30.3 Å². The van der Waals surface area contributed by atoms with E-state index in [4.69, 9.17) is 17.5 Å². The monoisotopic (exact) mass is 280 g/mol. The van der Waals surface area contributed by atoms with E-state index in [0.29, 0.717) is 0 Å². The fourth-order valence-corrected chi connectivity index (χ4v) is 0.714. The van der Waals surface area contributed by atoms with Gasteiger partial charge in [-0.05, 0) is 12.0 Å². The first kappa shape index (κ1) is 22.5. The van der Waals surface area contributed by atoms with Crippen LogP contribution in [0.2, 0.25) is 0 Å². The predicted octanol–water partition coefficient (Wildman–Crippen LogP) is -5.08. The van der Waals surface area contributed by atoms with Gasteiger partial charge in [-0.3, -0.25) is 8.42 Å². The third-order valence-corrected chi connectivity index (χ3v) is 1.25. The molecule has 0 N–H and O–H groups in total. The Morgan fingerprint density at radius 2 is 1.40 bits per heavy atom. The summed E-state index contributed by atoms with van der Waals surface area (Å²) in [5.41, 5.74) is 1.41. The molecule has 74 valence electrons. The van der Waals surface area contributed by atoms with Crippen molar-refractivity contribution in [3.63, 3.8) is 0 Å². The minimum absolute atomic E-state index is 0. The van der Waals surface area contributed by atoms with E-state index in [1.807, 2.05) is 6.07 Å². The van der Waals surface area contributed by atoms with Crippen molar-refractivity contribution in [1.82, 2.24) is 0 Å². The summed E-state index contributed by atoms with van der Waals surface area (Å²) in [5, 5.41) is 0. The van der Waals surface area contributed by atoms with Gasteiger partial charge in [0.05, 0.1) is 0 Å². The molecule has 0 saturated heterocycles. The largest absolute Gasteiger partial charge is 1.00 e. The van der Waals surface area contributed by atoms with Gasteiger partial charge in [-0.1, -0.05) is 37.3 Å². The fraction of sp³-hybridized carbons (Fsp3) is 0.250. The summed E-state index contributed by atoms with van der Waals surface area (Å²) in [6.07, 6.45) is 1.14. The van der Waals surface area contributed by atoms with Gasteiger partial charge in [0.25, 0.3) is 0 Å². The molecule has 0 aliphatic rings. The molecule has 15 heavy (non-hydrogen) atoms. The van der Waals surface area contributed by atoms with Crippen LogP contribution in [0, 0.1) is 0 Å². The minimum atomic E-state index is -5.17. The molecular formula is C8H10K2O4S. The van der Waals surface area contributed by atoms with E-state index in [1.54, 1.807) is 0 Å². The third kappa shape index (κ3) is 22.1. The van der Waals surface area contributed by atoms with E-state index in [2.05, 4.69) is 31.2 Å². The van der Waals surface area contributed by atoms with Gasteiger partial charge in [0.2, 0.25) is 0 Å². The van der Waals surface area contributed by atoms with Gasteiger partial charge < -0.3 is 9.11 Å². The Bertz CT molecular complexity index is 318. The van der Waals surface area contributed by atoms with Crippen molar-refractivity contribution in [3.05, 3.63) is 35.9 Å². The normalized spacial score (nSPS) is 8.73. The molecule has 0 aliphatic carbocycles. The first-order valence-electron chi connectivity index (χ1n) is 3.64. The Morgan fingerprint density at radius 3 is 1.60 bits per heavy atom. The van der Waals surface area contributed by atoms with Crippen molar-refractivity contribution in [3.8, 4) is 0 Å². The maximum absolute atomic E-state index is 8.52. The van der Waals surface area contributed by atoms with Crippen LogP contribution in [0.3, 0.4) is 0 Å². The molecule has 0 fully saturated rings. The first-order valence-corrected chi connectivity index (χ1v) is 4.97. The Labute approximate surface area is 176 Å². The Kier molecular flexibility index (Phi) is 19.2. The van der Waals surface area contributed by atoms with E-state index in [0.717, 1.165) is 6.42 Å². The van der Waals surface area contributed by atoms with Crippen LogP contribution in [-0.4, -0.2) is 17.5 Å². The molecule has 0 spiro atoms. The molecule has 1 aromatic rings. The van der Waals surface area contributed by atoms with Gasteiger partial charge >= 0.3 is 103 Å². The van der Waals surface area contributed by atoms with Gasteiger partial charge in [-0.25, -0.2) is 0 Å². The molecule has 0 aliphatic heterocycles. The van der Waals surface area contributed by atoms with Gasteiger partial charge in [0.1, 0.15) is 0 Å². The maximum Gasteiger partial charge on any atom is 1.00 e. The van der Waals surface area contributed by atoms with E-state index in [-0.39, 0.29) is 103 Å². The van der Waals surface area contributed by atoms with Crippen molar-refractivity contribution in [2.75, 3.05) is 0 Å². The summed E-state index contributed by atoms with van der Waals surface area (Å²) in [7, 11) is -5.17. The van der Waals surface area contributed by atoms with E-state index in [1.165, 1.54) is 5.56 Å². The van der Waals surface area contributed by atoms with Crippen LogP contribution in [0.5, 0.6) is 0 Å². The van der Waals surface area contributed by atoms with Crippen LogP contribution in [0.1, 0.15) is 12.5 Å². The zero-order valence-electron chi connectivity index (χ0n) is 9.14. The van der Waals surface area contributed by atoms with Crippen molar-refractivity contribution >= 4 is 10.4 Å². The van der Waals surface area contributed by atoms with Gasteiger partial charge in [0.15, 0.2) is 0 Å². The zero-order chi connectivity index (χ0) is 10.3. The van der Waals surface area contributed by atoms with Crippen molar-refractivity contribution in [2.45, 2.75) is 13.3 Å². The molecule has 0 unspecified atom stereocenters. The van der Waals surface area contributed by atoms with E-state index in [9.17, 15) is 0 Å². The molecule has 1 aromatic carbocycles. The van der Waals surface area contributed by atoms with Crippen molar-refractivity contribution in [1.29, 1.82) is 0 Å². The number of aryl methyl sites for hydroxylation is 1. The van der Waals surface area contributed by atoms with Crippen LogP contribution in [-0.2, 0) is 16.8 Å². The number of benzene rings is 1. The first-order chi connectivity index (χ1) is 5.93. The smallest absolute Gasteiger partial charge is 0.759 e. The van der Waals surface area contributed by atoms with Gasteiger partial charge in [-0.2, -0.15) is 0 Å². The summed E-state index contributed by atoms with van der Waals surface area (Å²) < 4.78 is 34.1. The van der Waals surface area contributed by atoms with E-state index >= 15 is 0 Å². The standard InChI is InChI=1S/C8H10.2K.H2O4S/c1-2-8-6-4-3-5-7-8;;;1-5(2,3)4/h3-7H,2H2,1H3;;;(H2,1,2,3,4)/q;2*+1;/p-2. The molecule has 0 bridgehead atoms. The average Bonchev–Trinajstić information content (AvgIpc) is 2.03. The van der Waals surface area contributed by atoms with Gasteiger partial charge in [0, 0.05) is 10.4 Å². The summed E-state index contributed by atoms with van der Waals surface area (Å²) in [6.45, 7) is 2.16. The van der Waals surface area contributed by atoms with Crippen LogP contribution in [0.4, 0.5) is 0 Å². The molecule has 0 radical (unpaired) electrons. The summed E-state index contributed by atoms with van der Waals surface area (Å²) in [6, 6.07) is 10.5. The quantitative estimate of drug-likeness (QED) is 0.293. The molecule has 1 rings (SSSR count). The number of rotatable bonds is 1. The second-order valence-corrected chi connectivity index (χ2v) is 3.06. The van der Waals surface area contributed by atoms with E-state index < -0.39 is 10.4 Å². The molecule has 0 amide bonds. The third-order valence-electron chi connectivity index (χ3n) is 1.25. The molecule has 4 nitrogen and oxygen atoms in total. The number of hydrogen-bond donors (Lipinski definition) is 0. The van der Waals surface area contributed by atoms with Crippen LogP contribution >= 0.6 is 0 Å². The Hall–Kier alpha value is 2.36. The van der Waals surface area contributed by atoms with Gasteiger partial charge in [-0.15, -0.1) is 0 Å². The summed E-state index contributed by atoms with van der Waals surface area (Å²) >= 11 is 0. The van der Waals surface area contributed by atoms with Crippen molar-refractivity contribution < 1.29 is 120 Å².